The fraction of sp³-hybridized carbons (Fsp3) is 0.500. The summed E-state index contributed by atoms with van der Waals surface area (Å²) in [6.07, 6.45) is -0.0296. The molecule has 7 heteroatoms. The van der Waals surface area contributed by atoms with E-state index in [-0.39, 0.29) is 6.42 Å². The van der Waals surface area contributed by atoms with E-state index in [0.717, 1.165) is 0 Å². The number of hydrogen-bond acceptors (Lipinski definition) is 4. The Morgan fingerprint density at radius 3 is 2.42 bits per heavy atom. The molecule has 0 aliphatic heterocycles. The molecule has 7 nitrogen and oxygen atoms in total. The number of carboxylic acid groups (broad SMARTS) is 1. The molecule has 1 rings (SSSR count). The summed E-state index contributed by atoms with van der Waals surface area (Å²) in [5, 5.41) is 11.3. The van der Waals surface area contributed by atoms with Crippen LogP contribution in [0.1, 0.15) is 30.8 Å². The minimum absolute atomic E-state index is 0.0296. The first-order valence-corrected chi connectivity index (χ1v) is 5.74. The van der Waals surface area contributed by atoms with Gasteiger partial charge < -0.3 is 15.4 Å². The van der Waals surface area contributed by atoms with Gasteiger partial charge in [0.05, 0.1) is 6.42 Å². The molecular formula is C12H17N3O4. The predicted octanol–water partition coefficient (Wildman–Crippen LogP) is -0.0914. The van der Waals surface area contributed by atoms with Crippen molar-refractivity contribution in [3.8, 4) is 0 Å². The highest BCUT2D eigenvalue weighted by molar-refractivity contribution is 5.87. The van der Waals surface area contributed by atoms with Gasteiger partial charge in [-0.05, 0) is 27.7 Å². The number of H-pyrrole nitrogens is 1. The SMILES string of the molecule is Cc1nc(=O)[nH]c(C)c1CC(=O)NC(C)(C)C(=O)O. The van der Waals surface area contributed by atoms with Crippen molar-refractivity contribution in [1.29, 1.82) is 0 Å². The summed E-state index contributed by atoms with van der Waals surface area (Å²) in [5.74, 6) is -1.55. The fourth-order valence-corrected chi connectivity index (χ4v) is 1.62. The standard InChI is InChI=1S/C12H17N3O4/c1-6-8(7(2)14-11(19)13-6)5-9(16)15-12(3,4)10(17)18/h5H2,1-4H3,(H,15,16)(H,17,18)(H,13,14,19). The number of carboxylic acids is 1. The lowest BCUT2D eigenvalue weighted by Crippen LogP contribution is -2.50. The molecule has 0 spiro atoms. The zero-order chi connectivity index (χ0) is 14.8. The van der Waals surface area contributed by atoms with Crippen LogP contribution in [0.25, 0.3) is 0 Å². The second-order valence-corrected chi connectivity index (χ2v) is 4.89. The minimum Gasteiger partial charge on any atom is -0.480 e. The number of nitrogens with one attached hydrogen (secondary N) is 2. The van der Waals surface area contributed by atoms with Crippen molar-refractivity contribution >= 4 is 11.9 Å². The maximum atomic E-state index is 11.8. The van der Waals surface area contributed by atoms with Gasteiger partial charge in [0.2, 0.25) is 5.91 Å². The number of aromatic nitrogens is 2. The van der Waals surface area contributed by atoms with Crippen LogP contribution in [0.5, 0.6) is 0 Å². The van der Waals surface area contributed by atoms with Crippen molar-refractivity contribution in [2.45, 2.75) is 39.7 Å². The molecule has 1 amide bonds. The molecule has 1 heterocycles. The zero-order valence-electron chi connectivity index (χ0n) is 11.3. The summed E-state index contributed by atoms with van der Waals surface area (Å²) in [7, 11) is 0. The second-order valence-electron chi connectivity index (χ2n) is 4.89. The lowest BCUT2D eigenvalue weighted by Gasteiger charge is -2.21. The molecule has 0 aliphatic carbocycles. The Hall–Kier alpha value is -2.18. The maximum Gasteiger partial charge on any atom is 0.345 e. The van der Waals surface area contributed by atoms with E-state index in [9.17, 15) is 14.4 Å². The van der Waals surface area contributed by atoms with Gasteiger partial charge in [-0.15, -0.1) is 0 Å². The van der Waals surface area contributed by atoms with Gasteiger partial charge in [-0.1, -0.05) is 0 Å². The normalized spacial score (nSPS) is 11.2. The van der Waals surface area contributed by atoms with Crippen LogP contribution in [0, 0.1) is 13.8 Å². The molecule has 0 atom stereocenters. The van der Waals surface area contributed by atoms with Crippen molar-refractivity contribution in [3.63, 3.8) is 0 Å². The van der Waals surface area contributed by atoms with Crippen LogP contribution in [0.15, 0.2) is 4.79 Å². The summed E-state index contributed by atoms with van der Waals surface area (Å²) in [6, 6.07) is 0. The van der Waals surface area contributed by atoms with E-state index < -0.39 is 23.1 Å². The van der Waals surface area contributed by atoms with Crippen molar-refractivity contribution in [2.75, 3.05) is 0 Å². The van der Waals surface area contributed by atoms with Gasteiger partial charge in [-0.2, -0.15) is 4.98 Å². The first-order valence-electron chi connectivity index (χ1n) is 5.74. The highest BCUT2D eigenvalue weighted by Crippen LogP contribution is 2.09. The van der Waals surface area contributed by atoms with Crippen LogP contribution < -0.4 is 11.0 Å². The molecule has 0 bridgehead atoms. The molecule has 1 aromatic rings. The van der Waals surface area contributed by atoms with E-state index in [1.165, 1.54) is 13.8 Å². The van der Waals surface area contributed by atoms with Crippen LogP contribution in [0.2, 0.25) is 0 Å². The molecular weight excluding hydrogens is 250 g/mol. The van der Waals surface area contributed by atoms with Gasteiger partial charge in [0.25, 0.3) is 0 Å². The summed E-state index contributed by atoms with van der Waals surface area (Å²) >= 11 is 0. The van der Waals surface area contributed by atoms with E-state index in [1.54, 1.807) is 13.8 Å². The Bertz CT molecular complexity index is 549. The molecule has 0 unspecified atom stereocenters. The molecule has 104 valence electrons. The van der Waals surface area contributed by atoms with Crippen LogP contribution >= 0.6 is 0 Å². The third-order valence-electron chi connectivity index (χ3n) is 2.78. The Kier molecular flexibility index (Phi) is 4.08. The molecule has 19 heavy (non-hydrogen) atoms. The van der Waals surface area contributed by atoms with Crippen molar-refractivity contribution in [1.82, 2.24) is 15.3 Å². The number of carbonyl (C=O) groups excluding carboxylic acids is 1. The first-order chi connectivity index (χ1) is 8.63. The highest BCUT2D eigenvalue weighted by atomic mass is 16.4. The molecule has 0 radical (unpaired) electrons. The third kappa shape index (κ3) is 3.64. The largest absolute Gasteiger partial charge is 0.480 e. The average Bonchev–Trinajstić information content (AvgIpc) is 2.22. The molecule has 0 saturated carbocycles. The van der Waals surface area contributed by atoms with Crippen molar-refractivity contribution < 1.29 is 14.7 Å². The number of rotatable bonds is 4. The molecule has 0 aliphatic rings. The number of carbonyl (C=O) groups is 2. The second kappa shape index (κ2) is 5.21. The van der Waals surface area contributed by atoms with Gasteiger partial charge in [0, 0.05) is 17.0 Å². The van der Waals surface area contributed by atoms with Crippen LogP contribution in [-0.2, 0) is 16.0 Å². The minimum atomic E-state index is -1.34. The Morgan fingerprint density at radius 1 is 1.37 bits per heavy atom. The Labute approximate surface area is 110 Å². The molecule has 0 fully saturated rings. The van der Waals surface area contributed by atoms with E-state index >= 15 is 0 Å². The maximum absolute atomic E-state index is 11.8. The van der Waals surface area contributed by atoms with Crippen LogP contribution in [-0.4, -0.2) is 32.5 Å². The lowest BCUT2D eigenvalue weighted by atomic mass is 10.0. The summed E-state index contributed by atoms with van der Waals surface area (Å²) < 4.78 is 0. The number of amides is 1. The van der Waals surface area contributed by atoms with Crippen molar-refractivity contribution in [2.24, 2.45) is 0 Å². The number of aliphatic carboxylic acids is 1. The number of hydrogen-bond donors (Lipinski definition) is 3. The fourth-order valence-electron chi connectivity index (χ4n) is 1.62. The molecule has 3 N–H and O–H groups in total. The number of aromatic amines is 1. The van der Waals surface area contributed by atoms with Gasteiger partial charge in [0.15, 0.2) is 0 Å². The predicted molar refractivity (Wildman–Crippen MR) is 67.9 cm³/mol. The van der Waals surface area contributed by atoms with E-state index in [0.29, 0.717) is 17.0 Å². The quantitative estimate of drug-likeness (QED) is 0.705. The topological polar surface area (TPSA) is 112 Å². The third-order valence-corrected chi connectivity index (χ3v) is 2.78. The first kappa shape index (κ1) is 14.9. The van der Waals surface area contributed by atoms with Gasteiger partial charge in [-0.25, -0.2) is 9.59 Å². The summed E-state index contributed by atoms with van der Waals surface area (Å²) in [4.78, 5) is 40.1. The van der Waals surface area contributed by atoms with Gasteiger partial charge >= 0.3 is 11.7 Å². The zero-order valence-corrected chi connectivity index (χ0v) is 11.3. The molecule has 0 aromatic carbocycles. The lowest BCUT2D eigenvalue weighted by molar-refractivity contribution is -0.145. The van der Waals surface area contributed by atoms with E-state index in [4.69, 9.17) is 5.11 Å². The smallest absolute Gasteiger partial charge is 0.345 e. The van der Waals surface area contributed by atoms with Crippen LogP contribution in [0.4, 0.5) is 0 Å². The average molecular weight is 267 g/mol. The Morgan fingerprint density at radius 2 is 1.95 bits per heavy atom. The summed E-state index contributed by atoms with van der Waals surface area (Å²) in [5.41, 5.74) is -0.192. The van der Waals surface area contributed by atoms with E-state index in [1.807, 2.05) is 0 Å². The van der Waals surface area contributed by atoms with Gasteiger partial charge in [-0.3, -0.25) is 4.79 Å². The highest BCUT2D eigenvalue weighted by Gasteiger charge is 2.29. The molecule has 1 aromatic heterocycles. The van der Waals surface area contributed by atoms with E-state index in [2.05, 4.69) is 15.3 Å². The number of nitrogens with zero attached hydrogens (tertiary/aromatic N) is 1. The summed E-state index contributed by atoms with van der Waals surface area (Å²) in [6.45, 7) is 6.10. The van der Waals surface area contributed by atoms with Crippen LogP contribution in [0.3, 0.4) is 0 Å². The Balaban J connectivity index is 2.90. The van der Waals surface area contributed by atoms with Crippen molar-refractivity contribution in [3.05, 3.63) is 27.4 Å². The number of aryl methyl sites for hydroxylation is 2. The monoisotopic (exact) mass is 267 g/mol. The van der Waals surface area contributed by atoms with Gasteiger partial charge in [0.1, 0.15) is 5.54 Å². The molecule has 0 saturated heterocycles.